The van der Waals surface area contributed by atoms with E-state index >= 15 is 0 Å². The average Bonchev–Trinajstić information content (AvgIpc) is 2.91. The van der Waals surface area contributed by atoms with Gasteiger partial charge in [-0.3, -0.25) is 4.79 Å². The van der Waals surface area contributed by atoms with Crippen LogP contribution in [0.3, 0.4) is 0 Å². The lowest BCUT2D eigenvalue weighted by atomic mass is 10.1. The molecular weight excluding hydrogens is 262 g/mol. The van der Waals surface area contributed by atoms with Gasteiger partial charge in [-0.1, -0.05) is 13.3 Å². The number of carbonyl (C=O) groups is 2. The summed E-state index contributed by atoms with van der Waals surface area (Å²) in [4.78, 5) is 26.8. The molecule has 7 nitrogen and oxygen atoms in total. The van der Waals surface area contributed by atoms with Crippen LogP contribution in [0.15, 0.2) is 18.7 Å². The van der Waals surface area contributed by atoms with Gasteiger partial charge in [0, 0.05) is 37.9 Å². The first kappa shape index (κ1) is 16.2. The van der Waals surface area contributed by atoms with Crippen LogP contribution in [0.4, 0.5) is 0 Å². The van der Waals surface area contributed by atoms with Crippen LogP contribution in [0.1, 0.15) is 38.6 Å². The first-order chi connectivity index (χ1) is 9.58. The van der Waals surface area contributed by atoms with E-state index in [-0.39, 0.29) is 31.4 Å². The molecule has 1 unspecified atom stereocenters. The highest BCUT2D eigenvalue weighted by Crippen LogP contribution is 2.17. The summed E-state index contributed by atoms with van der Waals surface area (Å²) in [6, 6.07) is -1.08. The Kier molecular flexibility index (Phi) is 6.72. The first-order valence-electron chi connectivity index (χ1n) is 6.69. The van der Waals surface area contributed by atoms with Gasteiger partial charge in [0.05, 0.1) is 6.33 Å². The highest BCUT2D eigenvalue weighted by molar-refractivity contribution is 5.83. The van der Waals surface area contributed by atoms with Gasteiger partial charge in [0.1, 0.15) is 6.04 Å². The molecule has 20 heavy (non-hydrogen) atoms. The quantitative estimate of drug-likeness (QED) is 0.614. The number of imidazole rings is 1. The summed E-state index contributed by atoms with van der Waals surface area (Å²) in [6.07, 6.45) is 7.00. The molecule has 0 aliphatic carbocycles. The van der Waals surface area contributed by atoms with Crippen molar-refractivity contribution in [3.63, 3.8) is 0 Å². The Morgan fingerprint density at radius 3 is 2.65 bits per heavy atom. The summed E-state index contributed by atoms with van der Waals surface area (Å²) in [6.45, 7) is 1.74. The Morgan fingerprint density at radius 1 is 1.40 bits per heavy atom. The van der Waals surface area contributed by atoms with Gasteiger partial charge in [0.2, 0.25) is 5.91 Å². The molecule has 0 spiro atoms. The molecule has 0 bridgehead atoms. The molecule has 112 valence electrons. The Bertz CT molecular complexity index is 419. The molecule has 7 heteroatoms. The molecule has 0 aliphatic rings. The standard InChI is InChI=1S/C13H21N3O4/c1-2-3-10(16-6-5-14-9-16)8-12(18)15-11(4-7-17)13(19)20/h5-6,9-11,17H,2-4,7-8H2,1H3,(H,15,18)(H,19,20)/t10?,11-/m0/s1. The minimum Gasteiger partial charge on any atom is -0.480 e. The van der Waals surface area contributed by atoms with E-state index in [0.717, 1.165) is 12.8 Å². The SMILES string of the molecule is CCCC(CC(=O)N[C@@H](CCO)C(=O)O)n1ccnc1. The maximum Gasteiger partial charge on any atom is 0.326 e. The van der Waals surface area contributed by atoms with Crippen LogP contribution >= 0.6 is 0 Å². The number of aliphatic hydroxyl groups is 1. The second-order valence-electron chi connectivity index (χ2n) is 4.63. The molecule has 3 N–H and O–H groups in total. The van der Waals surface area contributed by atoms with E-state index in [0.29, 0.717) is 0 Å². The fraction of sp³-hybridized carbons (Fsp3) is 0.615. The highest BCUT2D eigenvalue weighted by Gasteiger charge is 2.21. The van der Waals surface area contributed by atoms with Gasteiger partial charge in [0.15, 0.2) is 0 Å². The van der Waals surface area contributed by atoms with Crippen molar-refractivity contribution < 1.29 is 19.8 Å². The third kappa shape index (κ3) is 5.00. The number of aliphatic hydroxyl groups excluding tert-OH is 1. The van der Waals surface area contributed by atoms with E-state index in [1.807, 2.05) is 11.5 Å². The molecular formula is C13H21N3O4. The molecule has 0 aliphatic heterocycles. The molecule has 1 heterocycles. The maximum atomic E-state index is 11.9. The van der Waals surface area contributed by atoms with Crippen molar-refractivity contribution in [3.05, 3.63) is 18.7 Å². The predicted octanol–water partition coefficient (Wildman–Crippen LogP) is 0.566. The van der Waals surface area contributed by atoms with Crippen molar-refractivity contribution in [2.45, 2.75) is 44.7 Å². The summed E-state index contributed by atoms with van der Waals surface area (Å²) in [5.74, 6) is -1.47. The Morgan fingerprint density at radius 2 is 2.15 bits per heavy atom. The zero-order valence-electron chi connectivity index (χ0n) is 11.5. The first-order valence-corrected chi connectivity index (χ1v) is 6.69. The average molecular weight is 283 g/mol. The Hall–Kier alpha value is -1.89. The van der Waals surface area contributed by atoms with E-state index in [1.54, 1.807) is 18.7 Å². The number of amides is 1. The predicted molar refractivity (Wildman–Crippen MR) is 72.1 cm³/mol. The topological polar surface area (TPSA) is 104 Å². The fourth-order valence-electron chi connectivity index (χ4n) is 2.03. The van der Waals surface area contributed by atoms with E-state index in [9.17, 15) is 9.59 Å². The second-order valence-corrected chi connectivity index (χ2v) is 4.63. The zero-order valence-corrected chi connectivity index (χ0v) is 11.5. The number of aliphatic carboxylic acids is 1. The van der Waals surface area contributed by atoms with Gasteiger partial charge in [-0.15, -0.1) is 0 Å². The van der Waals surface area contributed by atoms with Crippen molar-refractivity contribution in [3.8, 4) is 0 Å². The van der Waals surface area contributed by atoms with Crippen molar-refractivity contribution in [1.82, 2.24) is 14.9 Å². The number of nitrogens with one attached hydrogen (secondary N) is 1. The van der Waals surface area contributed by atoms with Crippen molar-refractivity contribution in [2.75, 3.05) is 6.61 Å². The molecule has 0 saturated heterocycles. The number of rotatable bonds is 9. The normalized spacial score (nSPS) is 13.7. The van der Waals surface area contributed by atoms with Crippen LogP contribution in [0, 0.1) is 0 Å². The van der Waals surface area contributed by atoms with Crippen LogP contribution in [0.2, 0.25) is 0 Å². The molecule has 0 aromatic carbocycles. The van der Waals surface area contributed by atoms with E-state index in [2.05, 4.69) is 10.3 Å². The Balaban J connectivity index is 2.59. The molecule has 1 aromatic heterocycles. The largest absolute Gasteiger partial charge is 0.480 e. The molecule has 1 amide bonds. The fourth-order valence-corrected chi connectivity index (χ4v) is 2.03. The highest BCUT2D eigenvalue weighted by atomic mass is 16.4. The van der Waals surface area contributed by atoms with Gasteiger partial charge in [0.25, 0.3) is 0 Å². The number of carboxylic acid groups (broad SMARTS) is 1. The number of aromatic nitrogens is 2. The molecule has 2 atom stereocenters. The van der Waals surface area contributed by atoms with Crippen LogP contribution < -0.4 is 5.32 Å². The number of carbonyl (C=O) groups excluding carboxylic acids is 1. The number of hydrogen-bond acceptors (Lipinski definition) is 4. The van der Waals surface area contributed by atoms with Gasteiger partial charge in [-0.25, -0.2) is 9.78 Å². The molecule has 0 saturated carbocycles. The van der Waals surface area contributed by atoms with Crippen molar-refractivity contribution >= 4 is 11.9 Å². The number of nitrogens with zero attached hydrogens (tertiary/aromatic N) is 2. The van der Waals surface area contributed by atoms with Crippen LogP contribution in [0.25, 0.3) is 0 Å². The monoisotopic (exact) mass is 283 g/mol. The van der Waals surface area contributed by atoms with Gasteiger partial charge in [-0.2, -0.15) is 0 Å². The lowest BCUT2D eigenvalue weighted by Gasteiger charge is -2.19. The second kappa shape index (κ2) is 8.31. The van der Waals surface area contributed by atoms with Crippen LogP contribution in [-0.4, -0.2) is 44.3 Å². The number of hydrogen-bond donors (Lipinski definition) is 3. The summed E-state index contributed by atoms with van der Waals surface area (Å²) >= 11 is 0. The summed E-state index contributed by atoms with van der Waals surface area (Å²) in [7, 11) is 0. The summed E-state index contributed by atoms with van der Waals surface area (Å²) in [5, 5.41) is 20.2. The van der Waals surface area contributed by atoms with Crippen molar-refractivity contribution in [1.29, 1.82) is 0 Å². The summed E-state index contributed by atoms with van der Waals surface area (Å²) < 4.78 is 1.85. The van der Waals surface area contributed by atoms with E-state index in [1.165, 1.54) is 0 Å². The number of carboxylic acids is 1. The van der Waals surface area contributed by atoms with E-state index in [4.69, 9.17) is 10.2 Å². The minimum atomic E-state index is -1.14. The van der Waals surface area contributed by atoms with Gasteiger partial charge in [-0.05, 0) is 6.42 Å². The van der Waals surface area contributed by atoms with E-state index < -0.39 is 12.0 Å². The maximum absolute atomic E-state index is 11.9. The smallest absolute Gasteiger partial charge is 0.326 e. The molecule has 0 fully saturated rings. The minimum absolute atomic E-state index is 0.00456. The molecule has 1 rings (SSSR count). The van der Waals surface area contributed by atoms with Gasteiger partial charge < -0.3 is 20.1 Å². The Labute approximate surface area is 117 Å². The molecule has 1 aromatic rings. The molecule has 0 radical (unpaired) electrons. The lowest BCUT2D eigenvalue weighted by Crippen LogP contribution is -2.42. The van der Waals surface area contributed by atoms with Gasteiger partial charge >= 0.3 is 5.97 Å². The third-order valence-corrected chi connectivity index (χ3v) is 3.04. The third-order valence-electron chi connectivity index (χ3n) is 3.04. The summed E-state index contributed by atoms with van der Waals surface area (Å²) in [5.41, 5.74) is 0. The van der Waals surface area contributed by atoms with Crippen LogP contribution in [0.5, 0.6) is 0 Å². The van der Waals surface area contributed by atoms with Crippen molar-refractivity contribution in [2.24, 2.45) is 0 Å². The van der Waals surface area contributed by atoms with Crippen LogP contribution in [-0.2, 0) is 9.59 Å². The lowest BCUT2D eigenvalue weighted by molar-refractivity contribution is -0.142. The zero-order chi connectivity index (χ0) is 15.0.